The molecule has 94 valence electrons. The van der Waals surface area contributed by atoms with E-state index in [0.717, 1.165) is 10.2 Å². The molecule has 18 heavy (non-hydrogen) atoms. The largest absolute Gasteiger partial charge is 0.327 e. The van der Waals surface area contributed by atoms with Gasteiger partial charge in [-0.05, 0) is 59.5 Å². The molecule has 1 saturated carbocycles. The van der Waals surface area contributed by atoms with E-state index in [2.05, 4.69) is 46.2 Å². The Labute approximate surface area is 115 Å². The van der Waals surface area contributed by atoms with E-state index in [1.165, 1.54) is 18.4 Å². The molecule has 1 aliphatic carbocycles. The van der Waals surface area contributed by atoms with Crippen LogP contribution in [0.3, 0.4) is 0 Å². The van der Waals surface area contributed by atoms with Crippen LogP contribution in [0.25, 0.3) is 5.69 Å². The summed E-state index contributed by atoms with van der Waals surface area (Å²) in [5, 5.41) is 4.25. The van der Waals surface area contributed by atoms with Gasteiger partial charge in [0.1, 0.15) is 0 Å². The molecule has 0 bridgehead atoms. The molecule has 1 aromatic heterocycles. The number of halogens is 1. The van der Waals surface area contributed by atoms with Gasteiger partial charge in [0.25, 0.3) is 0 Å². The Morgan fingerprint density at radius 3 is 2.72 bits per heavy atom. The highest BCUT2D eigenvalue weighted by molar-refractivity contribution is 9.10. The van der Waals surface area contributed by atoms with Gasteiger partial charge in [-0.3, -0.25) is 0 Å². The van der Waals surface area contributed by atoms with Crippen molar-refractivity contribution in [1.82, 2.24) is 9.78 Å². The van der Waals surface area contributed by atoms with E-state index in [1.807, 2.05) is 16.9 Å². The zero-order chi connectivity index (χ0) is 12.8. The Bertz CT molecular complexity index is 556. The number of hydrogen-bond donors (Lipinski definition) is 1. The fraction of sp³-hybridized carbons (Fsp3) is 0.357. The molecule has 3 nitrogen and oxygen atoms in total. The summed E-state index contributed by atoms with van der Waals surface area (Å²) in [6, 6.07) is 8.60. The van der Waals surface area contributed by atoms with Gasteiger partial charge >= 0.3 is 0 Å². The molecular weight excluding hydrogens is 290 g/mol. The second-order valence-electron chi connectivity index (χ2n) is 5.06. The van der Waals surface area contributed by atoms with Crippen LogP contribution in [0.5, 0.6) is 0 Å². The zero-order valence-corrected chi connectivity index (χ0v) is 11.9. The first-order valence-electron chi connectivity index (χ1n) is 6.19. The van der Waals surface area contributed by atoms with E-state index < -0.39 is 0 Å². The predicted molar refractivity (Wildman–Crippen MR) is 75.8 cm³/mol. The maximum atomic E-state index is 6.11. The van der Waals surface area contributed by atoms with E-state index in [9.17, 15) is 0 Å². The molecular formula is C14H16BrN3. The average molecular weight is 306 g/mol. The maximum Gasteiger partial charge on any atom is 0.0787 e. The van der Waals surface area contributed by atoms with Crippen LogP contribution in [0.15, 0.2) is 41.1 Å². The molecule has 3 rings (SSSR count). The molecule has 0 radical (unpaired) electrons. The van der Waals surface area contributed by atoms with Crippen molar-refractivity contribution in [1.29, 1.82) is 0 Å². The summed E-state index contributed by atoms with van der Waals surface area (Å²) in [5.74, 6) is 0. The van der Waals surface area contributed by atoms with Gasteiger partial charge in [-0.2, -0.15) is 5.10 Å². The van der Waals surface area contributed by atoms with Crippen LogP contribution >= 0.6 is 15.9 Å². The van der Waals surface area contributed by atoms with Crippen molar-refractivity contribution >= 4 is 15.9 Å². The lowest BCUT2D eigenvalue weighted by atomic mass is 9.89. The first kappa shape index (κ1) is 11.9. The maximum absolute atomic E-state index is 6.11. The molecule has 0 aliphatic heterocycles. The quantitative estimate of drug-likeness (QED) is 0.947. The highest BCUT2D eigenvalue weighted by Gasteiger charge is 2.47. The van der Waals surface area contributed by atoms with Gasteiger partial charge in [0, 0.05) is 28.3 Å². The van der Waals surface area contributed by atoms with Crippen molar-refractivity contribution in [3.63, 3.8) is 0 Å². The molecule has 1 fully saturated rings. The fourth-order valence-corrected chi connectivity index (χ4v) is 3.12. The summed E-state index contributed by atoms with van der Waals surface area (Å²) < 4.78 is 2.93. The van der Waals surface area contributed by atoms with Crippen LogP contribution in [0.2, 0.25) is 0 Å². The lowest BCUT2D eigenvalue weighted by Gasteiger charge is -2.21. The van der Waals surface area contributed by atoms with Crippen molar-refractivity contribution in [2.24, 2.45) is 5.73 Å². The average Bonchev–Trinajstić information content (AvgIpc) is 2.99. The minimum Gasteiger partial charge on any atom is -0.327 e. The van der Waals surface area contributed by atoms with Crippen LogP contribution < -0.4 is 5.73 Å². The monoisotopic (exact) mass is 305 g/mol. The van der Waals surface area contributed by atoms with Gasteiger partial charge in [-0.1, -0.05) is 6.07 Å². The Kier molecular flexibility index (Phi) is 2.79. The molecule has 0 amide bonds. The van der Waals surface area contributed by atoms with Gasteiger partial charge < -0.3 is 5.73 Å². The second kappa shape index (κ2) is 4.21. The SMILES string of the molecule is CC(N)C1(c2ccc(-n3cccn3)c(Br)c2)CC1. The van der Waals surface area contributed by atoms with Crippen molar-refractivity contribution < 1.29 is 0 Å². The fourth-order valence-electron chi connectivity index (χ4n) is 2.56. The molecule has 2 aromatic rings. The van der Waals surface area contributed by atoms with E-state index in [1.54, 1.807) is 6.20 Å². The van der Waals surface area contributed by atoms with E-state index in [-0.39, 0.29) is 11.5 Å². The highest BCUT2D eigenvalue weighted by Crippen LogP contribution is 2.51. The summed E-state index contributed by atoms with van der Waals surface area (Å²) in [7, 11) is 0. The van der Waals surface area contributed by atoms with Crippen LogP contribution in [0.1, 0.15) is 25.3 Å². The lowest BCUT2D eigenvalue weighted by molar-refractivity contribution is 0.556. The van der Waals surface area contributed by atoms with Gasteiger partial charge in [0.05, 0.1) is 5.69 Å². The minimum atomic E-state index is 0.200. The van der Waals surface area contributed by atoms with Gasteiger partial charge in [-0.25, -0.2) is 4.68 Å². The van der Waals surface area contributed by atoms with Gasteiger partial charge in [-0.15, -0.1) is 0 Å². The van der Waals surface area contributed by atoms with E-state index in [0.29, 0.717) is 0 Å². The van der Waals surface area contributed by atoms with Crippen LogP contribution in [0, 0.1) is 0 Å². The number of rotatable bonds is 3. The third-order valence-corrected chi connectivity index (χ3v) is 4.57. The Morgan fingerprint density at radius 2 is 2.22 bits per heavy atom. The predicted octanol–water partition coefficient (Wildman–Crippen LogP) is 3.01. The number of nitrogens with zero attached hydrogens (tertiary/aromatic N) is 2. The Hall–Kier alpha value is -1.13. The molecule has 1 aliphatic rings. The standard InChI is InChI=1S/C14H16BrN3/c1-10(16)14(5-6-14)11-3-4-13(12(15)9-11)18-8-2-7-17-18/h2-4,7-10H,5-6,16H2,1H3. The van der Waals surface area contributed by atoms with Crippen LogP contribution in [0.4, 0.5) is 0 Å². The second-order valence-corrected chi connectivity index (χ2v) is 5.92. The van der Waals surface area contributed by atoms with Crippen LogP contribution in [-0.4, -0.2) is 15.8 Å². The highest BCUT2D eigenvalue weighted by atomic mass is 79.9. The van der Waals surface area contributed by atoms with E-state index in [4.69, 9.17) is 5.73 Å². The van der Waals surface area contributed by atoms with Crippen LogP contribution in [-0.2, 0) is 5.41 Å². The normalized spacial score (nSPS) is 18.6. The topological polar surface area (TPSA) is 43.8 Å². The minimum absolute atomic E-state index is 0.200. The summed E-state index contributed by atoms with van der Waals surface area (Å²) in [6.07, 6.45) is 6.11. The Balaban J connectivity index is 2.00. The summed E-state index contributed by atoms with van der Waals surface area (Å²) >= 11 is 3.64. The van der Waals surface area contributed by atoms with Crippen molar-refractivity contribution in [2.75, 3.05) is 0 Å². The first-order chi connectivity index (χ1) is 8.63. The lowest BCUT2D eigenvalue weighted by Crippen LogP contribution is -2.31. The molecule has 4 heteroatoms. The van der Waals surface area contributed by atoms with Crippen molar-refractivity contribution in [3.05, 3.63) is 46.7 Å². The molecule has 1 heterocycles. The first-order valence-corrected chi connectivity index (χ1v) is 6.98. The summed E-state index contributed by atoms with van der Waals surface area (Å²) in [5.41, 5.74) is 8.71. The van der Waals surface area contributed by atoms with E-state index >= 15 is 0 Å². The third kappa shape index (κ3) is 1.80. The molecule has 0 saturated heterocycles. The zero-order valence-electron chi connectivity index (χ0n) is 10.3. The molecule has 2 N–H and O–H groups in total. The van der Waals surface area contributed by atoms with Crippen molar-refractivity contribution in [2.45, 2.75) is 31.2 Å². The number of hydrogen-bond acceptors (Lipinski definition) is 2. The Morgan fingerprint density at radius 1 is 1.44 bits per heavy atom. The smallest absolute Gasteiger partial charge is 0.0787 e. The molecule has 0 spiro atoms. The van der Waals surface area contributed by atoms with Gasteiger partial charge in [0.15, 0.2) is 0 Å². The molecule has 1 unspecified atom stereocenters. The molecule has 1 aromatic carbocycles. The summed E-state index contributed by atoms with van der Waals surface area (Å²) in [4.78, 5) is 0. The molecule has 1 atom stereocenters. The number of benzene rings is 1. The summed E-state index contributed by atoms with van der Waals surface area (Å²) in [6.45, 7) is 2.10. The number of nitrogens with two attached hydrogens (primary N) is 1. The van der Waals surface area contributed by atoms with Crippen molar-refractivity contribution in [3.8, 4) is 5.69 Å². The van der Waals surface area contributed by atoms with Gasteiger partial charge in [0.2, 0.25) is 0 Å². The number of aromatic nitrogens is 2. The third-order valence-electron chi connectivity index (χ3n) is 3.93.